The largest absolute Gasteiger partial charge is 0.508 e. The molecule has 0 heterocycles. The van der Waals surface area contributed by atoms with Gasteiger partial charge in [0.05, 0.1) is 5.56 Å². The van der Waals surface area contributed by atoms with Crippen LogP contribution in [0.15, 0.2) is 12.1 Å². The van der Waals surface area contributed by atoms with E-state index >= 15 is 0 Å². The molecular formula is C11H13BO2. The van der Waals surface area contributed by atoms with Crippen LogP contribution in [0, 0.1) is 0 Å². The number of aldehydes is 1. The Morgan fingerprint density at radius 1 is 1.36 bits per heavy atom. The fourth-order valence-corrected chi connectivity index (χ4v) is 1.20. The van der Waals surface area contributed by atoms with Crippen LogP contribution >= 0.6 is 0 Å². The van der Waals surface area contributed by atoms with Crippen LogP contribution in [0.2, 0.25) is 0 Å². The average molecular weight is 188 g/mol. The van der Waals surface area contributed by atoms with Crippen molar-refractivity contribution in [3.05, 3.63) is 23.3 Å². The number of benzene rings is 1. The van der Waals surface area contributed by atoms with Crippen molar-refractivity contribution in [2.24, 2.45) is 0 Å². The summed E-state index contributed by atoms with van der Waals surface area (Å²) >= 11 is 0. The Hall–Kier alpha value is -1.25. The van der Waals surface area contributed by atoms with Gasteiger partial charge in [0.1, 0.15) is 13.6 Å². The second kappa shape index (κ2) is 3.48. The minimum atomic E-state index is -0.131. The Balaban J connectivity index is 3.37. The first-order valence-corrected chi connectivity index (χ1v) is 4.44. The number of aromatic hydroxyl groups is 1. The van der Waals surface area contributed by atoms with Gasteiger partial charge < -0.3 is 5.11 Å². The molecule has 0 aliphatic carbocycles. The molecule has 72 valence electrons. The van der Waals surface area contributed by atoms with Crippen molar-refractivity contribution in [2.75, 3.05) is 0 Å². The number of carbonyl (C=O) groups excluding carboxylic acids is 1. The lowest BCUT2D eigenvalue weighted by atomic mass is 9.81. The molecule has 0 aromatic heterocycles. The molecule has 0 saturated heterocycles. The SMILES string of the molecule is [B]c1cc(C(C)(C)C)cc(C=O)c1O. The standard InChI is InChI=1S/C11H13BO2/c1-11(2,3)8-4-7(6-13)10(14)9(12)5-8/h4-6,14H,1-3H3. The molecule has 0 aliphatic rings. The van der Waals surface area contributed by atoms with E-state index in [2.05, 4.69) is 0 Å². The van der Waals surface area contributed by atoms with Crippen LogP contribution in [0.3, 0.4) is 0 Å². The van der Waals surface area contributed by atoms with Crippen molar-refractivity contribution in [1.29, 1.82) is 0 Å². The summed E-state index contributed by atoms with van der Waals surface area (Å²) in [6, 6.07) is 3.36. The highest BCUT2D eigenvalue weighted by Crippen LogP contribution is 2.24. The Morgan fingerprint density at radius 3 is 2.36 bits per heavy atom. The van der Waals surface area contributed by atoms with Crippen LogP contribution in [0.5, 0.6) is 5.75 Å². The van der Waals surface area contributed by atoms with E-state index in [1.54, 1.807) is 12.1 Å². The van der Waals surface area contributed by atoms with Gasteiger partial charge in [-0.1, -0.05) is 32.3 Å². The summed E-state index contributed by atoms with van der Waals surface area (Å²) in [5.41, 5.74) is 1.35. The highest BCUT2D eigenvalue weighted by Gasteiger charge is 2.16. The molecule has 0 bridgehead atoms. The molecule has 0 spiro atoms. The molecule has 0 amide bonds. The van der Waals surface area contributed by atoms with Gasteiger partial charge in [-0.05, 0) is 17.0 Å². The lowest BCUT2D eigenvalue weighted by molar-refractivity contribution is 0.112. The molecule has 0 unspecified atom stereocenters. The maximum absolute atomic E-state index is 10.6. The van der Waals surface area contributed by atoms with Gasteiger partial charge in [-0.2, -0.15) is 0 Å². The zero-order valence-corrected chi connectivity index (χ0v) is 8.66. The van der Waals surface area contributed by atoms with E-state index in [1.807, 2.05) is 20.8 Å². The van der Waals surface area contributed by atoms with Gasteiger partial charge in [-0.3, -0.25) is 4.79 Å². The summed E-state index contributed by atoms with van der Waals surface area (Å²) in [5, 5.41) is 9.43. The molecule has 1 aromatic rings. The maximum atomic E-state index is 10.6. The topological polar surface area (TPSA) is 37.3 Å². The number of carbonyl (C=O) groups is 1. The van der Waals surface area contributed by atoms with Crippen LogP contribution < -0.4 is 5.46 Å². The van der Waals surface area contributed by atoms with Crippen LogP contribution in [0.1, 0.15) is 36.7 Å². The second-order valence-electron chi connectivity index (χ2n) is 4.37. The van der Waals surface area contributed by atoms with E-state index in [9.17, 15) is 9.90 Å². The minimum absolute atomic E-state index is 0.0837. The lowest BCUT2D eigenvalue weighted by Crippen LogP contribution is -2.16. The molecule has 0 aliphatic heterocycles. The predicted molar refractivity (Wildman–Crippen MR) is 57.6 cm³/mol. The van der Waals surface area contributed by atoms with Crippen molar-refractivity contribution in [1.82, 2.24) is 0 Å². The quantitative estimate of drug-likeness (QED) is 0.532. The summed E-state index contributed by atoms with van der Waals surface area (Å²) in [6.45, 7) is 6.06. The summed E-state index contributed by atoms with van der Waals surface area (Å²) in [7, 11) is 5.58. The molecule has 0 fully saturated rings. The fraction of sp³-hybridized carbons (Fsp3) is 0.364. The first-order valence-electron chi connectivity index (χ1n) is 4.44. The summed E-state index contributed by atoms with van der Waals surface area (Å²) in [4.78, 5) is 10.6. The Labute approximate surface area is 85.4 Å². The third kappa shape index (κ3) is 1.98. The first kappa shape index (κ1) is 10.8. The van der Waals surface area contributed by atoms with Crippen molar-refractivity contribution in [3.63, 3.8) is 0 Å². The maximum Gasteiger partial charge on any atom is 0.153 e. The third-order valence-corrected chi connectivity index (χ3v) is 2.16. The van der Waals surface area contributed by atoms with E-state index in [0.717, 1.165) is 5.56 Å². The number of hydrogen-bond acceptors (Lipinski definition) is 2. The monoisotopic (exact) mass is 188 g/mol. The molecule has 0 atom stereocenters. The number of rotatable bonds is 1. The van der Waals surface area contributed by atoms with Crippen molar-refractivity contribution in [2.45, 2.75) is 26.2 Å². The Kier molecular flexibility index (Phi) is 2.70. The smallest absolute Gasteiger partial charge is 0.153 e. The molecule has 2 nitrogen and oxygen atoms in total. The fourth-order valence-electron chi connectivity index (χ4n) is 1.20. The molecule has 2 radical (unpaired) electrons. The van der Waals surface area contributed by atoms with Gasteiger partial charge in [0, 0.05) is 0 Å². The normalized spacial score (nSPS) is 11.4. The lowest BCUT2D eigenvalue weighted by Gasteiger charge is -2.20. The van der Waals surface area contributed by atoms with E-state index in [0.29, 0.717) is 6.29 Å². The number of phenols is 1. The third-order valence-electron chi connectivity index (χ3n) is 2.16. The van der Waals surface area contributed by atoms with Gasteiger partial charge in [-0.25, -0.2) is 0 Å². The molecule has 14 heavy (non-hydrogen) atoms. The van der Waals surface area contributed by atoms with Gasteiger partial charge >= 0.3 is 0 Å². The van der Waals surface area contributed by atoms with Crippen molar-refractivity contribution >= 4 is 19.6 Å². The van der Waals surface area contributed by atoms with Crippen LogP contribution in [-0.4, -0.2) is 19.2 Å². The van der Waals surface area contributed by atoms with E-state index < -0.39 is 0 Å². The Bertz CT molecular complexity index is 364. The predicted octanol–water partition coefficient (Wildman–Crippen LogP) is 1.30. The van der Waals surface area contributed by atoms with Crippen LogP contribution in [0.4, 0.5) is 0 Å². The van der Waals surface area contributed by atoms with Crippen LogP contribution in [-0.2, 0) is 5.41 Å². The molecule has 1 aromatic carbocycles. The number of hydrogen-bond donors (Lipinski definition) is 1. The average Bonchev–Trinajstić information content (AvgIpc) is 2.07. The highest BCUT2D eigenvalue weighted by atomic mass is 16.3. The van der Waals surface area contributed by atoms with Gasteiger partial charge in [0.2, 0.25) is 0 Å². The molecule has 3 heteroatoms. The molecule has 1 N–H and O–H groups in total. The minimum Gasteiger partial charge on any atom is -0.508 e. The number of phenolic OH excluding ortho intramolecular Hbond substituents is 1. The summed E-state index contributed by atoms with van der Waals surface area (Å²) in [6.07, 6.45) is 0.612. The van der Waals surface area contributed by atoms with E-state index in [1.165, 1.54) is 0 Å². The molecule has 1 rings (SSSR count). The molecular weight excluding hydrogens is 175 g/mol. The Morgan fingerprint density at radius 2 is 1.93 bits per heavy atom. The van der Waals surface area contributed by atoms with Gasteiger partial charge in [0.25, 0.3) is 0 Å². The van der Waals surface area contributed by atoms with E-state index in [-0.39, 0.29) is 22.2 Å². The zero-order valence-electron chi connectivity index (χ0n) is 8.66. The van der Waals surface area contributed by atoms with Gasteiger partial charge in [-0.15, -0.1) is 0 Å². The summed E-state index contributed by atoms with van der Waals surface area (Å²) < 4.78 is 0. The first-order chi connectivity index (χ1) is 6.36. The molecule has 0 saturated carbocycles. The van der Waals surface area contributed by atoms with Crippen molar-refractivity contribution < 1.29 is 9.90 Å². The second-order valence-corrected chi connectivity index (χ2v) is 4.37. The van der Waals surface area contributed by atoms with Gasteiger partial charge in [0.15, 0.2) is 6.29 Å². The van der Waals surface area contributed by atoms with Crippen LogP contribution in [0.25, 0.3) is 0 Å². The zero-order chi connectivity index (χ0) is 10.9. The van der Waals surface area contributed by atoms with E-state index in [4.69, 9.17) is 7.85 Å². The highest BCUT2D eigenvalue weighted by molar-refractivity contribution is 6.34. The summed E-state index contributed by atoms with van der Waals surface area (Å²) in [5.74, 6) is -0.131. The van der Waals surface area contributed by atoms with Crippen molar-refractivity contribution in [3.8, 4) is 5.75 Å².